The summed E-state index contributed by atoms with van der Waals surface area (Å²) in [5, 5.41) is 20.7. The van der Waals surface area contributed by atoms with Gasteiger partial charge in [-0.25, -0.2) is 9.78 Å². The number of nitriles is 1. The molecule has 0 spiro atoms. The molecule has 0 unspecified atom stereocenters. The first-order valence-electron chi connectivity index (χ1n) is 5.45. The van der Waals surface area contributed by atoms with Crippen molar-refractivity contribution in [3.63, 3.8) is 0 Å². The van der Waals surface area contributed by atoms with Gasteiger partial charge in [0.15, 0.2) is 0 Å². The van der Waals surface area contributed by atoms with Gasteiger partial charge in [-0.2, -0.15) is 5.26 Å². The maximum absolute atomic E-state index is 11.1. The van der Waals surface area contributed by atoms with E-state index in [1.165, 1.54) is 0 Å². The van der Waals surface area contributed by atoms with E-state index in [1.807, 2.05) is 19.9 Å². The van der Waals surface area contributed by atoms with E-state index in [0.717, 1.165) is 6.42 Å². The molecule has 0 aromatic carbocycles. The van der Waals surface area contributed by atoms with E-state index < -0.39 is 12.0 Å². The van der Waals surface area contributed by atoms with Gasteiger partial charge in [-0.1, -0.05) is 26.3 Å². The van der Waals surface area contributed by atoms with Gasteiger partial charge in [0.1, 0.15) is 23.6 Å². The fourth-order valence-corrected chi connectivity index (χ4v) is 1.42. The van der Waals surface area contributed by atoms with Gasteiger partial charge in [0.25, 0.3) is 0 Å². The van der Waals surface area contributed by atoms with E-state index in [2.05, 4.69) is 10.3 Å². The Labute approximate surface area is 100 Å². The summed E-state index contributed by atoms with van der Waals surface area (Å²) in [5.41, 5.74) is 0.267. The number of anilines is 1. The standard InChI is InChI=1S/C12H15N3O2/c1-3-8(2)11(12(16)17)15-10-6-4-5-9(7-13)14-10/h4-6,8,11H,3H2,1-2H3,(H,14,15)(H,16,17)/t8-,11-/m0/s1. The molecule has 90 valence electrons. The SMILES string of the molecule is CC[C@H](C)[C@H](Nc1cccc(C#N)n1)C(=O)O. The highest BCUT2D eigenvalue weighted by molar-refractivity contribution is 5.77. The Bertz CT molecular complexity index is 440. The average molecular weight is 233 g/mol. The molecule has 1 heterocycles. The van der Waals surface area contributed by atoms with E-state index >= 15 is 0 Å². The molecule has 0 bridgehead atoms. The highest BCUT2D eigenvalue weighted by Crippen LogP contribution is 2.14. The number of pyridine rings is 1. The number of hydrogen-bond acceptors (Lipinski definition) is 4. The van der Waals surface area contributed by atoms with Crippen LogP contribution in [0.1, 0.15) is 26.0 Å². The summed E-state index contributed by atoms with van der Waals surface area (Å²) in [6.45, 7) is 3.79. The summed E-state index contributed by atoms with van der Waals surface area (Å²) < 4.78 is 0. The van der Waals surface area contributed by atoms with Crippen LogP contribution in [0.5, 0.6) is 0 Å². The van der Waals surface area contributed by atoms with Gasteiger partial charge in [0.05, 0.1) is 0 Å². The van der Waals surface area contributed by atoms with Gasteiger partial charge in [0.2, 0.25) is 0 Å². The lowest BCUT2D eigenvalue weighted by Gasteiger charge is -2.20. The molecular weight excluding hydrogens is 218 g/mol. The van der Waals surface area contributed by atoms with Crippen LogP contribution in [0.3, 0.4) is 0 Å². The lowest BCUT2D eigenvalue weighted by atomic mass is 9.99. The maximum atomic E-state index is 11.1. The van der Waals surface area contributed by atoms with Crippen LogP contribution in [0.25, 0.3) is 0 Å². The third kappa shape index (κ3) is 3.45. The van der Waals surface area contributed by atoms with E-state index in [1.54, 1.807) is 18.2 Å². The number of rotatable bonds is 5. The first kappa shape index (κ1) is 13.0. The van der Waals surface area contributed by atoms with Crippen LogP contribution in [-0.4, -0.2) is 22.1 Å². The molecule has 1 aromatic heterocycles. The molecular formula is C12H15N3O2. The van der Waals surface area contributed by atoms with Gasteiger partial charge in [0, 0.05) is 0 Å². The van der Waals surface area contributed by atoms with Gasteiger partial charge < -0.3 is 10.4 Å². The smallest absolute Gasteiger partial charge is 0.326 e. The number of carboxylic acids is 1. The summed E-state index contributed by atoms with van der Waals surface area (Å²) >= 11 is 0. The number of carbonyl (C=O) groups is 1. The molecule has 0 saturated carbocycles. The summed E-state index contributed by atoms with van der Waals surface area (Å²) in [7, 11) is 0. The number of hydrogen-bond donors (Lipinski definition) is 2. The zero-order chi connectivity index (χ0) is 12.8. The third-order valence-electron chi connectivity index (χ3n) is 2.65. The molecule has 0 aliphatic carbocycles. The predicted octanol–water partition coefficient (Wildman–Crippen LogP) is 1.86. The van der Waals surface area contributed by atoms with E-state index in [0.29, 0.717) is 5.82 Å². The molecule has 0 saturated heterocycles. The van der Waals surface area contributed by atoms with Crippen molar-refractivity contribution in [2.24, 2.45) is 5.92 Å². The fraction of sp³-hybridized carbons (Fsp3) is 0.417. The molecule has 0 amide bonds. The minimum atomic E-state index is -0.913. The van der Waals surface area contributed by atoms with Crippen molar-refractivity contribution in [1.29, 1.82) is 5.26 Å². The lowest BCUT2D eigenvalue weighted by Crippen LogP contribution is -2.35. The zero-order valence-electron chi connectivity index (χ0n) is 9.84. The van der Waals surface area contributed by atoms with E-state index in [4.69, 9.17) is 10.4 Å². The van der Waals surface area contributed by atoms with Crippen molar-refractivity contribution >= 4 is 11.8 Å². The monoisotopic (exact) mass is 233 g/mol. The van der Waals surface area contributed by atoms with Crippen LogP contribution < -0.4 is 5.32 Å². The first-order valence-corrected chi connectivity index (χ1v) is 5.45. The Morgan fingerprint density at radius 3 is 2.88 bits per heavy atom. The summed E-state index contributed by atoms with van der Waals surface area (Å²) in [6, 6.07) is 6.12. The molecule has 0 radical (unpaired) electrons. The van der Waals surface area contributed by atoms with Gasteiger partial charge in [-0.15, -0.1) is 0 Å². The van der Waals surface area contributed by atoms with Crippen LogP contribution >= 0.6 is 0 Å². The molecule has 0 aliphatic heterocycles. The second-order valence-electron chi connectivity index (χ2n) is 3.87. The summed E-state index contributed by atoms with van der Waals surface area (Å²) in [4.78, 5) is 15.1. The largest absolute Gasteiger partial charge is 0.480 e. The zero-order valence-corrected chi connectivity index (χ0v) is 9.84. The molecule has 0 fully saturated rings. The van der Waals surface area contributed by atoms with Crippen LogP contribution in [0.4, 0.5) is 5.82 Å². The van der Waals surface area contributed by atoms with Crippen LogP contribution in [0.2, 0.25) is 0 Å². The van der Waals surface area contributed by atoms with Crippen molar-refractivity contribution in [3.8, 4) is 6.07 Å². The van der Waals surface area contributed by atoms with Crippen LogP contribution in [-0.2, 0) is 4.79 Å². The Kier molecular flexibility index (Phi) is 4.46. The highest BCUT2D eigenvalue weighted by atomic mass is 16.4. The molecule has 17 heavy (non-hydrogen) atoms. The van der Waals surface area contributed by atoms with Crippen molar-refractivity contribution in [3.05, 3.63) is 23.9 Å². The molecule has 2 N–H and O–H groups in total. The van der Waals surface area contributed by atoms with Crippen molar-refractivity contribution in [1.82, 2.24) is 4.98 Å². The minimum Gasteiger partial charge on any atom is -0.480 e. The minimum absolute atomic E-state index is 0.0139. The van der Waals surface area contributed by atoms with Crippen LogP contribution in [0, 0.1) is 17.2 Å². The normalized spacial score (nSPS) is 13.5. The first-order chi connectivity index (χ1) is 8.08. The van der Waals surface area contributed by atoms with Crippen molar-refractivity contribution in [2.45, 2.75) is 26.3 Å². The quantitative estimate of drug-likeness (QED) is 0.810. The number of nitrogens with zero attached hydrogens (tertiary/aromatic N) is 2. The topological polar surface area (TPSA) is 86.0 Å². The highest BCUT2D eigenvalue weighted by Gasteiger charge is 2.23. The molecule has 0 aliphatic rings. The van der Waals surface area contributed by atoms with Gasteiger partial charge in [-0.3, -0.25) is 0 Å². The number of carboxylic acid groups (broad SMARTS) is 1. The molecule has 1 aromatic rings. The van der Waals surface area contributed by atoms with Crippen LogP contribution in [0.15, 0.2) is 18.2 Å². The molecule has 2 atom stereocenters. The summed E-state index contributed by atoms with van der Waals surface area (Å²) in [5.74, 6) is -0.514. The predicted molar refractivity (Wildman–Crippen MR) is 63.5 cm³/mol. The van der Waals surface area contributed by atoms with Crippen molar-refractivity contribution in [2.75, 3.05) is 5.32 Å². The Morgan fingerprint density at radius 1 is 1.65 bits per heavy atom. The Hall–Kier alpha value is -2.09. The lowest BCUT2D eigenvalue weighted by molar-refractivity contribution is -0.139. The summed E-state index contributed by atoms with van der Waals surface area (Å²) in [6.07, 6.45) is 0.752. The number of aromatic nitrogens is 1. The third-order valence-corrected chi connectivity index (χ3v) is 2.65. The van der Waals surface area contributed by atoms with E-state index in [9.17, 15) is 4.79 Å². The van der Waals surface area contributed by atoms with Gasteiger partial charge >= 0.3 is 5.97 Å². The maximum Gasteiger partial charge on any atom is 0.326 e. The molecule has 1 rings (SSSR count). The number of nitrogens with one attached hydrogen (secondary N) is 1. The molecule has 5 nitrogen and oxygen atoms in total. The second kappa shape index (κ2) is 5.85. The molecule has 5 heteroatoms. The Balaban J connectivity index is 2.86. The average Bonchev–Trinajstić information content (AvgIpc) is 2.35. The number of aliphatic carboxylic acids is 1. The van der Waals surface area contributed by atoms with Crippen molar-refractivity contribution < 1.29 is 9.90 Å². The fourth-order valence-electron chi connectivity index (χ4n) is 1.42. The van der Waals surface area contributed by atoms with Gasteiger partial charge in [-0.05, 0) is 18.1 Å². The second-order valence-corrected chi connectivity index (χ2v) is 3.87. The van der Waals surface area contributed by atoms with E-state index in [-0.39, 0.29) is 11.6 Å². The Morgan fingerprint density at radius 2 is 2.35 bits per heavy atom.